The molecule has 188 valence electrons. The first kappa shape index (κ1) is 23.9. The molecule has 1 spiro atoms. The topological polar surface area (TPSA) is 23.8 Å². The molecule has 0 amide bonds. The molecule has 38 heavy (non-hydrogen) atoms. The lowest BCUT2D eigenvalue weighted by Gasteiger charge is -2.54. The van der Waals surface area contributed by atoms with Crippen molar-refractivity contribution in [1.29, 1.82) is 5.26 Å². The predicted molar refractivity (Wildman–Crippen MR) is 160 cm³/mol. The Morgan fingerprint density at radius 3 is 1.95 bits per heavy atom. The molecule has 0 radical (unpaired) electrons. The number of halogens is 1. The van der Waals surface area contributed by atoms with Crippen LogP contribution in [0.1, 0.15) is 56.2 Å². The molecule has 7 rings (SSSR count). The molecule has 0 aliphatic heterocycles. The lowest BCUT2D eigenvalue weighted by atomic mass is 9.49. The fourth-order valence-electron chi connectivity index (χ4n) is 8.50. The summed E-state index contributed by atoms with van der Waals surface area (Å²) in [5.74, 6) is 3.01. The van der Waals surface area contributed by atoms with Gasteiger partial charge in [0.1, 0.15) is 0 Å². The van der Waals surface area contributed by atoms with Crippen molar-refractivity contribution >= 4 is 15.9 Å². The van der Waals surface area contributed by atoms with Gasteiger partial charge in [0.25, 0.3) is 0 Å². The van der Waals surface area contributed by atoms with Gasteiger partial charge < -0.3 is 0 Å². The van der Waals surface area contributed by atoms with E-state index >= 15 is 0 Å². The molecule has 5 unspecified atom stereocenters. The van der Waals surface area contributed by atoms with Crippen LogP contribution in [0.5, 0.6) is 0 Å². The van der Waals surface area contributed by atoms with Crippen LogP contribution in [-0.2, 0) is 5.41 Å². The quantitative estimate of drug-likeness (QED) is 0.240. The number of nitriles is 1. The second-order valence-electron chi connectivity index (χ2n) is 12.1. The van der Waals surface area contributed by atoms with Gasteiger partial charge in [0, 0.05) is 9.89 Å². The van der Waals surface area contributed by atoms with Gasteiger partial charge in [-0.25, -0.2) is 0 Å². The van der Waals surface area contributed by atoms with Crippen molar-refractivity contribution in [2.75, 3.05) is 0 Å². The van der Waals surface area contributed by atoms with Crippen LogP contribution in [0.4, 0.5) is 0 Å². The van der Waals surface area contributed by atoms with Crippen molar-refractivity contribution in [3.05, 3.63) is 106 Å². The molecule has 4 aromatic carbocycles. The first-order valence-corrected chi connectivity index (χ1v) is 14.8. The van der Waals surface area contributed by atoms with Gasteiger partial charge in [-0.2, -0.15) is 5.26 Å². The van der Waals surface area contributed by atoms with E-state index in [2.05, 4.69) is 96.5 Å². The van der Waals surface area contributed by atoms with E-state index in [1.165, 1.54) is 58.0 Å². The fourth-order valence-corrected chi connectivity index (χ4v) is 8.86. The van der Waals surface area contributed by atoms with Crippen molar-refractivity contribution in [3.8, 4) is 39.4 Å². The van der Waals surface area contributed by atoms with E-state index in [1.54, 1.807) is 11.1 Å². The minimum atomic E-state index is 0.0953. The Morgan fingerprint density at radius 2 is 1.26 bits per heavy atom. The Bertz CT molecular complexity index is 1570. The normalized spacial score (nSPS) is 27.0. The number of rotatable bonds is 2. The SMILES string of the molecule is CC1CC2CC(C)C3(c4cc(Br)ccc4-c4ccc(-c5ccc(-c6ccc(C#N)cc6)cc5)cc43)C(C1)C2. The van der Waals surface area contributed by atoms with E-state index in [1.807, 2.05) is 24.3 Å². The number of fused-ring (bicyclic) bond motifs is 8. The minimum absolute atomic E-state index is 0.0953. The molecule has 0 N–H and O–H groups in total. The van der Waals surface area contributed by atoms with Gasteiger partial charge >= 0.3 is 0 Å². The van der Waals surface area contributed by atoms with Crippen LogP contribution >= 0.6 is 15.9 Å². The van der Waals surface area contributed by atoms with Crippen LogP contribution < -0.4 is 0 Å². The van der Waals surface area contributed by atoms with Gasteiger partial charge in [-0.05, 0) is 124 Å². The highest BCUT2D eigenvalue weighted by molar-refractivity contribution is 9.10. The second-order valence-corrected chi connectivity index (χ2v) is 13.0. The predicted octanol–water partition coefficient (Wildman–Crippen LogP) is 10.0. The molecule has 0 heterocycles. The number of hydrogen-bond acceptors (Lipinski definition) is 1. The first-order chi connectivity index (χ1) is 18.5. The maximum absolute atomic E-state index is 9.12. The molecule has 0 aromatic heterocycles. The molecule has 1 nitrogen and oxygen atoms in total. The van der Waals surface area contributed by atoms with E-state index in [9.17, 15) is 0 Å². The molecular formula is C36H32BrN. The number of hydrogen-bond donors (Lipinski definition) is 0. The Hall–Kier alpha value is -3.15. The average Bonchev–Trinajstić information content (AvgIpc) is 3.21. The lowest BCUT2D eigenvalue weighted by Crippen LogP contribution is -2.49. The molecule has 5 atom stereocenters. The second kappa shape index (κ2) is 8.96. The van der Waals surface area contributed by atoms with E-state index in [4.69, 9.17) is 5.26 Å². The van der Waals surface area contributed by atoms with Gasteiger partial charge in [0.05, 0.1) is 11.6 Å². The maximum atomic E-state index is 9.12. The van der Waals surface area contributed by atoms with Crippen molar-refractivity contribution in [2.45, 2.75) is 44.9 Å². The largest absolute Gasteiger partial charge is 0.192 e. The Labute approximate surface area is 234 Å². The average molecular weight is 559 g/mol. The van der Waals surface area contributed by atoms with Crippen LogP contribution in [0.3, 0.4) is 0 Å². The van der Waals surface area contributed by atoms with Crippen LogP contribution in [0.15, 0.2) is 89.4 Å². The lowest BCUT2D eigenvalue weighted by molar-refractivity contribution is 0.0426. The standard InChI is InChI=1S/C36H32BrN/c1-22-15-25-17-23(2)36(30(16-22)18-25)34-19-29(11-13-32(34)33-14-12-31(37)20-35(33)36)28-9-7-27(8-10-28)26-5-3-24(21-38)4-6-26/h3-14,19-20,22-23,25,30H,15-18H2,1-2H3. The molecule has 3 aliphatic carbocycles. The van der Waals surface area contributed by atoms with Gasteiger partial charge in [0.15, 0.2) is 0 Å². The molecule has 2 bridgehead atoms. The molecule has 2 heteroatoms. The summed E-state index contributed by atoms with van der Waals surface area (Å²) in [7, 11) is 0. The Kier molecular flexibility index (Phi) is 5.64. The highest BCUT2D eigenvalue weighted by atomic mass is 79.9. The van der Waals surface area contributed by atoms with Crippen LogP contribution in [0.2, 0.25) is 0 Å². The summed E-state index contributed by atoms with van der Waals surface area (Å²) < 4.78 is 1.19. The Morgan fingerprint density at radius 1 is 0.684 bits per heavy atom. The number of benzene rings is 4. The van der Waals surface area contributed by atoms with E-state index in [-0.39, 0.29) is 5.41 Å². The van der Waals surface area contributed by atoms with Crippen molar-refractivity contribution < 1.29 is 0 Å². The Balaban J connectivity index is 1.34. The zero-order valence-corrected chi connectivity index (χ0v) is 23.6. The summed E-state index contributed by atoms with van der Waals surface area (Å²) in [5, 5.41) is 9.12. The molecule has 3 aliphatic rings. The third-order valence-electron chi connectivity index (χ3n) is 9.90. The van der Waals surface area contributed by atoms with Crippen molar-refractivity contribution in [1.82, 2.24) is 0 Å². The molecule has 2 saturated carbocycles. The van der Waals surface area contributed by atoms with Crippen LogP contribution in [0, 0.1) is 35.0 Å². The third kappa shape index (κ3) is 3.55. The summed E-state index contributed by atoms with van der Waals surface area (Å²) in [6.45, 7) is 5.01. The summed E-state index contributed by atoms with van der Waals surface area (Å²) in [5.41, 5.74) is 11.7. The third-order valence-corrected chi connectivity index (χ3v) is 10.4. The molecule has 2 fully saturated rings. The molecule has 0 saturated heterocycles. The zero-order chi connectivity index (χ0) is 26.0. The van der Waals surface area contributed by atoms with Gasteiger partial charge in [0.2, 0.25) is 0 Å². The van der Waals surface area contributed by atoms with Crippen molar-refractivity contribution in [3.63, 3.8) is 0 Å². The minimum Gasteiger partial charge on any atom is -0.192 e. The van der Waals surface area contributed by atoms with Crippen molar-refractivity contribution in [2.24, 2.45) is 23.7 Å². The van der Waals surface area contributed by atoms with Crippen LogP contribution in [-0.4, -0.2) is 0 Å². The van der Waals surface area contributed by atoms with Gasteiger partial charge in [-0.15, -0.1) is 0 Å². The summed E-state index contributed by atoms with van der Waals surface area (Å²) in [4.78, 5) is 0. The highest BCUT2D eigenvalue weighted by Gasteiger charge is 2.56. The maximum Gasteiger partial charge on any atom is 0.0991 e. The monoisotopic (exact) mass is 557 g/mol. The zero-order valence-electron chi connectivity index (χ0n) is 22.0. The van der Waals surface area contributed by atoms with E-state index in [0.717, 1.165) is 17.4 Å². The molecule has 4 aromatic rings. The van der Waals surface area contributed by atoms with Gasteiger partial charge in [-0.3, -0.25) is 0 Å². The first-order valence-electron chi connectivity index (χ1n) is 14.0. The van der Waals surface area contributed by atoms with E-state index < -0.39 is 0 Å². The molecular weight excluding hydrogens is 526 g/mol. The summed E-state index contributed by atoms with van der Waals surface area (Å²) in [6.07, 6.45) is 5.43. The van der Waals surface area contributed by atoms with E-state index in [0.29, 0.717) is 17.4 Å². The van der Waals surface area contributed by atoms with Gasteiger partial charge in [-0.1, -0.05) is 84.4 Å². The number of nitrogens with zero attached hydrogens (tertiary/aromatic N) is 1. The smallest absolute Gasteiger partial charge is 0.0991 e. The highest BCUT2D eigenvalue weighted by Crippen LogP contribution is 2.65. The summed E-state index contributed by atoms with van der Waals surface area (Å²) >= 11 is 3.83. The summed E-state index contributed by atoms with van der Waals surface area (Å²) in [6, 6.07) is 33.2. The van der Waals surface area contributed by atoms with Crippen LogP contribution in [0.25, 0.3) is 33.4 Å². The fraction of sp³-hybridized carbons (Fsp3) is 0.306.